The third-order valence-corrected chi connectivity index (χ3v) is 10.8. The van der Waals surface area contributed by atoms with E-state index in [4.69, 9.17) is 9.40 Å². The third kappa shape index (κ3) is 4.65. The number of para-hydroxylation sites is 1. The summed E-state index contributed by atoms with van der Waals surface area (Å²) >= 11 is 0. The molecular formula is C51H32N2O. The zero-order chi connectivity index (χ0) is 35.6. The normalized spacial score (nSPS) is 11.7. The van der Waals surface area contributed by atoms with Crippen LogP contribution in [-0.4, -0.2) is 4.98 Å². The molecule has 0 radical (unpaired) electrons. The minimum atomic E-state index is 0.651. The molecule has 10 aromatic rings. The smallest absolute Gasteiger partial charge is 0.227 e. The fraction of sp³-hybridized carbons (Fsp3) is 0. The van der Waals surface area contributed by atoms with Crippen molar-refractivity contribution in [1.82, 2.24) is 4.98 Å². The van der Waals surface area contributed by atoms with E-state index in [1.807, 2.05) is 30.3 Å². The molecule has 0 fully saturated rings. The highest BCUT2D eigenvalue weighted by atomic mass is 16.4. The Hall–Kier alpha value is -7.23. The first-order valence-corrected chi connectivity index (χ1v) is 18.4. The highest BCUT2D eigenvalue weighted by Gasteiger charge is 2.30. The number of anilines is 3. The molecule has 1 heterocycles. The lowest BCUT2D eigenvalue weighted by atomic mass is 9.87. The van der Waals surface area contributed by atoms with E-state index in [1.165, 1.54) is 54.6 Å². The Morgan fingerprint density at radius 2 is 0.889 bits per heavy atom. The minimum absolute atomic E-state index is 0.651. The van der Waals surface area contributed by atoms with Crippen molar-refractivity contribution in [3.63, 3.8) is 0 Å². The molecule has 0 bridgehead atoms. The molecule has 0 aliphatic heterocycles. The topological polar surface area (TPSA) is 29.3 Å². The van der Waals surface area contributed by atoms with Crippen LogP contribution in [0.25, 0.3) is 88.6 Å². The van der Waals surface area contributed by atoms with Crippen molar-refractivity contribution in [3.8, 4) is 56.3 Å². The Morgan fingerprint density at radius 1 is 0.370 bits per heavy atom. The number of oxazole rings is 1. The number of fused-ring (bicyclic) bond motifs is 5. The lowest BCUT2D eigenvalue weighted by Gasteiger charge is -2.30. The molecule has 3 nitrogen and oxygen atoms in total. The van der Waals surface area contributed by atoms with Gasteiger partial charge in [-0.25, -0.2) is 4.98 Å². The third-order valence-electron chi connectivity index (χ3n) is 10.8. The Bertz CT molecular complexity index is 2940. The van der Waals surface area contributed by atoms with E-state index in [1.54, 1.807) is 0 Å². The lowest BCUT2D eigenvalue weighted by molar-refractivity contribution is 0.590. The van der Waals surface area contributed by atoms with Crippen LogP contribution in [0.15, 0.2) is 199 Å². The summed E-state index contributed by atoms with van der Waals surface area (Å²) in [5.74, 6) is 1.49. The summed E-state index contributed by atoms with van der Waals surface area (Å²) in [4.78, 5) is 7.46. The fourth-order valence-corrected chi connectivity index (χ4v) is 8.46. The van der Waals surface area contributed by atoms with Gasteiger partial charge >= 0.3 is 0 Å². The molecule has 54 heavy (non-hydrogen) atoms. The molecule has 1 aliphatic rings. The minimum Gasteiger partial charge on any atom is -0.435 e. The van der Waals surface area contributed by atoms with Crippen molar-refractivity contribution in [1.29, 1.82) is 0 Å². The summed E-state index contributed by atoms with van der Waals surface area (Å²) in [5.41, 5.74) is 12.3. The molecule has 9 aromatic carbocycles. The summed E-state index contributed by atoms with van der Waals surface area (Å²) in [6, 6.07) is 69.3. The average Bonchev–Trinajstić information content (AvgIpc) is 3.82. The van der Waals surface area contributed by atoms with Crippen LogP contribution in [-0.2, 0) is 0 Å². The lowest BCUT2D eigenvalue weighted by Crippen LogP contribution is -2.11. The molecule has 0 saturated heterocycles. The first-order valence-electron chi connectivity index (χ1n) is 18.4. The number of hydrogen-bond acceptors (Lipinski definition) is 3. The van der Waals surface area contributed by atoms with Gasteiger partial charge in [0.1, 0.15) is 5.69 Å². The van der Waals surface area contributed by atoms with Crippen LogP contribution in [0, 0.1) is 0 Å². The van der Waals surface area contributed by atoms with E-state index in [2.05, 4.69) is 169 Å². The molecule has 0 saturated carbocycles. The van der Waals surface area contributed by atoms with Gasteiger partial charge in [0.2, 0.25) is 5.89 Å². The van der Waals surface area contributed by atoms with Crippen molar-refractivity contribution in [2.75, 3.05) is 4.90 Å². The van der Waals surface area contributed by atoms with E-state index < -0.39 is 0 Å². The molecule has 0 N–H and O–H groups in total. The molecule has 0 unspecified atom stereocenters. The average molecular weight is 689 g/mol. The molecule has 252 valence electrons. The van der Waals surface area contributed by atoms with Gasteiger partial charge in [0.05, 0.1) is 5.69 Å². The van der Waals surface area contributed by atoms with E-state index in [9.17, 15) is 0 Å². The van der Waals surface area contributed by atoms with Crippen LogP contribution >= 0.6 is 0 Å². The number of hydrogen-bond donors (Lipinski definition) is 0. The molecule has 0 spiro atoms. The van der Waals surface area contributed by atoms with E-state index in [-0.39, 0.29) is 0 Å². The van der Waals surface area contributed by atoms with Gasteiger partial charge in [-0.3, -0.25) is 0 Å². The number of nitrogens with zero attached hydrogens (tertiary/aromatic N) is 2. The van der Waals surface area contributed by atoms with Crippen LogP contribution in [0.3, 0.4) is 0 Å². The SMILES string of the molecule is c1ccc(-c2ccc(N(c3ccccc3)c3c4ccccc4c(-c4ccc5c6c(cccc46)-c4oc(-c6ccccc6)nc4-5)c4ccccc34)cc2)cc1. The monoisotopic (exact) mass is 688 g/mol. The standard InChI is InChI=1S/C51H32N2O/c1-4-15-33(16-5-1)34-27-29-37(30-28-34)53(36-19-8-3-9-20-36)49-42-23-12-10-21-39(42)46(40-22-11-13-24-43(40)49)41-31-32-44-47-38(41)25-14-26-45(47)50-48(44)52-51(54-50)35-17-6-2-7-18-35/h1-32H. The van der Waals surface area contributed by atoms with E-state index in [0.29, 0.717) is 5.89 Å². The van der Waals surface area contributed by atoms with Gasteiger partial charge in [-0.05, 0) is 74.8 Å². The maximum absolute atomic E-state index is 6.51. The van der Waals surface area contributed by atoms with Crippen LogP contribution in [0.1, 0.15) is 0 Å². The molecule has 0 atom stereocenters. The second kappa shape index (κ2) is 12.2. The predicted molar refractivity (Wildman–Crippen MR) is 224 cm³/mol. The van der Waals surface area contributed by atoms with Crippen LogP contribution in [0.2, 0.25) is 0 Å². The quantitative estimate of drug-likeness (QED) is 0.163. The maximum Gasteiger partial charge on any atom is 0.227 e. The van der Waals surface area contributed by atoms with Gasteiger partial charge in [-0.2, -0.15) is 0 Å². The van der Waals surface area contributed by atoms with Crippen LogP contribution < -0.4 is 4.90 Å². The summed E-state index contributed by atoms with van der Waals surface area (Å²) in [6.45, 7) is 0. The van der Waals surface area contributed by atoms with Gasteiger partial charge in [0, 0.05) is 44.2 Å². The second-order valence-corrected chi connectivity index (χ2v) is 13.9. The Kier molecular flexibility index (Phi) is 6.86. The van der Waals surface area contributed by atoms with Crippen molar-refractivity contribution >= 4 is 49.4 Å². The van der Waals surface area contributed by atoms with Gasteiger partial charge in [0.15, 0.2) is 5.76 Å². The predicted octanol–water partition coefficient (Wildman–Crippen LogP) is 14.3. The molecule has 3 heteroatoms. The molecule has 11 rings (SSSR count). The van der Waals surface area contributed by atoms with E-state index in [0.717, 1.165) is 45.2 Å². The van der Waals surface area contributed by atoms with Crippen LogP contribution in [0.4, 0.5) is 17.1 Å². The Labute approximate surface area is 313 Å². The Balaban J connectivity index is 1.14. The van der Waals surface area contributed by atoms with Crippen LogP contribution in [0.5, 0.6) is 0 Å². The number of rotatable bonds is 6. The van der Waals surface area contributed by atoms with Crippen molar-refractivity contribution in [2.24, 2.45) is 0 Å². The molecule has 0 amide bonds. The first kappa shape index (κ1) is 30.4. The van der Waals surface area contributed by atoms with E-state index >= 15 is 0 Å². The van der Waals surface area contributed by atoms with Gasteiger partial charge in [-0.15, -0.1) is 0 Å². The molecule has 1 aliphatic carbocycles. The number of aromatic nitrogens is 1. The van der Waals surface area contributed by atoms with Gasteiger partial charge in [-0.1, -0.05) is 158 Å². The van der Waals surface area contributed by atoms with Crippen molar-refractivity contribution in [3.05, 3.63) is 194 Å². The highest BCUT2D eigenvalue weighted by Crippen LogP contribution is 2.53. The fourth-order valence-electron chi connectivity index (χ4n) is 8.46. The first-order chi connectivity index (χ1) is 26.8. The van der Waals surface area contributed by atoms with Gasteiger partial charge in [0.25, 0.3) is 0 Å². The summed E-state index contributed by atoms with van der Waals surface area (Å²) in [6.07, 6.45) is 0. The zero-order valence-electron chi connectivity index (χ0n) is 29.3. The molecular weight excluding hydrogens is 657 g/mol. The largest absolute Gasteiger partial charge is 0.435 e. The number of benzene rings is 9. The summed E-state index contributed by atoms with van der Waals surface area (Å²) < 4.78 is 6.51. The zero-order valence-corrected chi connectivity index (χ0v) is 29.3. The highest BCUT2D eigenvalue weighted by molar-refractivity contribution is 6.26. The maximum atomic E-state index is 6.51. The van der Waals surface area contributed by atoms with Gasteiger partial charge < -0.3 is 9.32 Å². The molecule has 1 aromatic heterocycles. The summed E-state index contributed by atoms with van der Waals surface area (Å²) in [7, 11) is 0. The Morgan fingerprint density at radius 3 is 1.56 bits per heavy atom. The second-order valence-electron chi connectivity index (χ2n) is 13.9. The summed E-state index contributed by atoms with van der Waals surface area (Å²) in [5, 5.41) is 7.16. The van der Waals surface area contributed by atoms with Crippen molar-refractivity contribution < 1.29 is 4.42 Å². The van der Waals surface area contributed by atoms with Crippen molar-refractivity contribution in [2.45, 2.75) is 0 Å².